The predicted molar refractivity (Wildman–Crippen MR) is 151 cm³/mol. The molecule has 38 heavy (non-hydrogen) atoms. The van der Waals surface area contributed by atoms with E-state index < -0.39 is 11.6 Å². The van der Waals surface area contributed by atoms with Crippen molar-refractivity contribution in [2.45, 2.75) is 53.3 Å². The summed E-state index contributed by atoms with van der Waals surface area (Å²) in [6.45, 7) is 9.93. The van der Waals surface area contributed by atoms with Crippen molar-refractivity contribution in [2.75, 3.05) is 16.5 Å². The van der Waals surface area contributed by atoms with E-state index in [0.29, 0.717) is 11.6 Å². The van der Waals surface area contributed by atoms with Crippen molar-refractivity contribution in [3.8, 4) is 5.69 Å². The molecular weight excluding hydrogens is 483 g/mol. The summed E-state index contributed by atoms with van der Waals surface area (Å²) in [6.07, 6.45) is -4.34. The molecule has 3 heterocycles. The highest BCUT2D eigenvalue weighted by molar-refractivity contribution is 6.20. The average Bonchev–Trinajstić information content (AvgIpc) is 3.39. The SMILES string of the molecule is Cc1c2c(cc3ccccc13)N1CN(C(C)C)c3ccc4c5ccc(CC(C)(C)C(F)(F)F)cc5n-2c4c31. The van der Waals surface area contributed by atoms with E-state index in [1.807, 2.05) is 18.2 Å². The molecule has 2 aliphatic rings. The maximum absolute atomic E-state index is 13.8. The summed E-state index contributed by atoms with van der Waals surface area (Å²) in [5, 5.41) is 4.58. The molecule has 0 unspecified atom stereocenters. The Bertz CT molecular complexity index is 1790. The first-order valence-corrected chi connectivity index (χ1v) is 13.2. The number of aromatic nitrogens is 1. The third-order valence-electron chi connectivity index (χ3n) is 8.63. The van der Waals surface area contributed by atoms with E-state index in [9.17, 15) is 13.2 Å². The maximum atomic E-state index is 13.8. The molecule has 7 rings (SSSR count). The molecule has 5 aromatic rings. The topological polar surface area (TPSA) is 11.4 Å². The van der Waals surface area contributed by atoms with Crippen LogP contribution in [0.3, 0.4) is 0 Å². The molecule has 0 aliphatic carbocycles. The molecule has 0 radical (unpaired) electrons. The van der Waals surface area contributed by atoms with Gasteiger partial charge >= 0.3 is 6.18 Å². The first-order valence-electron chi connectivity index (χ1n) is 13.2. The van der Waals surface area contributed by atoms with Crippen LogP contribution in [-0.2, 0) is 6.42 Å². The van der Waals surface area contributed by atoms with Crippen LogP contribution in [0, 0.1) is 12.3 Å². The van der Waals surface area contributed by atoms with Gasteiger partial charge in [-0.2, -0.15) is 13.2 Å². The molecule has 0 fully saturated rings. The molecule has 4 aromatic carbocycles. The lowest BCUT2D eigenvalue weighted by Crippen LogP contribution is -2.34. The second-order valence-corrected chi connectivity index (χ2v) is 11.8. The van der Waals surface area contributed by atoms with Gasteiger partial charge in [-0.3, -0.25) is 0 Å². The van der Waals surface area contributed by atoms with Gasteiger partial charge in [-0.25, -0.2) is 0 Å². The zero-order chi connectivity index (χ0) is 26.7. The highest BCUT2D eigenvalue weighted by atomic mass is 19.4. The van der Waals surface area contributed by atoms with E-state index in [2.05, 4.69) is 77.6 Å². The van der Waals surface area contributed by atoms with Gasteiger partial charge in [0.15, 0.2) is 0 Å². The van der Waals surface area contributed by atoms with Crippen LogP contribution in [0.4, 0.5) is 30.2 Å². The highest BCUT2D eigenvalue weighted by Gasteiger charge is 2.47. The minimum Gasteiger partial charge on any atom is -0.349 e. The van der Waals surface area contributed by atoms with Crippen molar-refractivity contribution >= 4 is 49.6 Å². The lowest BCUT2D eigenvalue weighted by atomic mass is 9.85. The Morgan fingerprint density at radius 2 is 1.58 bits per heavy atom. The van der Waals surface area contributed by atoms with Crippen LogP contribution in [0.5, 0.6) is 0 Å². The number of rotatable bonds is 3. The molecule has 0 spiro atoms. The van der Waals surface area contributed by atoms with Gasteiger partial charge in [0.1, 0.15) is 0 Å². The smallest absolute Gasteiger partial charge is 0.349 e. The summed E-state index contributed by atoms with van der Waals surface area (Å²) in [6, 6.07) is 21.3. The zero-order valence-electron chi connectivity index (χ0n) is 22.2. The summed E-state index contributed by atoms with van der Waals surface area (Å²) in [7, 11) is 0. The molecule has 0 saturated heterocycles. The van der Waals surface area contributed by atoms with Gasteiger partial charge in [0.2, 0.25) is 0 Å². The molecular formula is C32H30F3N3. The zero-order valence-corrected chi connectivity index (χ0v) is 22.2. The minimum atomic E-state index is -4.27. The fraction of sp³-hybridized carbons (Fsp3) is 0.312. The molecule has 0 saturated carbocycles. The van der Waals surface area contributed by atoms with Crippen LogP contribution in [0.25, 0.3) is 38.3 Å². The Hall–Kier alpha value is -3.67. The Balaban J connectivity index is 1.59. The number of alkyl halides is 3. The van der Waals surface area contributed by atoms with E-state index in [1.54, 1.807) is 0 Å². The lowest BCUT2D eigenvalue weighted by Gasteiger charge is -2.31. The summed E-state index contributed by atoms with van der Waals surface area (Å²) < 4.78 is 43.7. The first kappa shape index (κ1) is 23.4. The van der Waals surface area contributed by atoms with Gasteiger partial charge in [0.25, 0.3) is 0 Å². The number of nitrogens with zero attached hydrogens (tertiary/aromatic N) is 3. The predicted octanol–water partition coefficient (Wildman–Crippen LogP) is 9.01. The standard InChI is InChI=1S/C32H30F3N3/c1-18(2)36-17-37-27-15-21-8-6-7-9-22(21)19(3)28(27)38-26-14-20(16-31(4,5)32(33,34)35)10-11-23(26)24-12-13-25(36)30(37)29(24)38/h6-15,18H,16-17H2,1-5H3. The Kier molecular flexibility index (Phi) is 4.60. The molecule has 2 aliphatic heterocycles. The fourth-order valence-corrected chi connectivity index (χ4v) is 6.50. The van der Waals surface area contributed by atoms with Gasteiger partial charge in [-0.05, 0) is 73.4 Å². The van der Waals surface area contributed by atoms with E-state index in [-0.39, 0.29) is 6.42 Å². The summed E-state index contributed by atoms with van der Waals surface area (Å²) in [5.74, 6) is 0. The molecule has 6 heteroatoms. The molecule has 0 atom stereocenters. The molecule has 0 amide bonds. The van der Waals surface area contributed by atoms with Gasteiger partial charge in [-0.1, -0.05) is 50.2 Å². The van der Waals surface area contributed by atoms with Crippen LogP contribution >= 0.6 is 0 Å². The summed E-state index contributed by atoms with van der Waals surface area (Å²) in [5.41, 5.74) is 6.81. The van der Waals surface area contributed by atoms with Crippen molar-refractivity contribution in [2.24, 2.45) is 5.41 Å². The van der Waals surface area contributed by atoms with Crippen molar-refractivity contribution in [1.82, 2.24) is 4.57 Å². The molecule has 1 aromatic heterocycles. The van der Waals surface area contributed by atoms with Crippen LogP contribution in [0.2, 0.25) is 0 Å². The second-order valence-electron chi connectivity index (χ2n) is 11.8. The van der Waals surface area contributed by atoms with Gasteiger partial charge in [0.05, 0.1) is 45.9 Å². The van der Waals surface area contributed by atoms with Crippen molar-refractivity contribution in [3.63, 3.8) is 0 Å². The maximum Gasteiger partial charge on any atom is 0.394 e. The fourth-order valence-electron chi connectivity index (χ4n) is 6.50. The first-order chi connectivity index (χ1) is 18.0. The lowest BCUT2D eigenvalue weighted by molar-refractivity contribution is -0.211. The van der Waals surface area contributed by atoms with Gasteiger partial charge in [0, 0.05) is 16.8 Å². The molecule has 3 nitrogen and oxygen atoms in total. The largest absolute Gasteiger partial charge is 0.394 e. The highest BCUT2D eigenvalue weighted by Crippen LogP contribution is 2.55. The Morgan fingerprint density at radius 3 is 2.32 bits per heavy atom. The molecule has 0 bridgehead atoms. The monoisotopic (exact) mass is 513 g/mol. The van der Waals surface area contributed by atoms with Crippen LogP contribution in [-0.4, -0.2) is 23.5 Å². The van der Waals surface area contributed by atoms with Gasteiger partial charge in [-0.15, -0.1) is 0 Å². The van der Waals surface area contributed by atoms with E-state index in [1.165, 1.54) is 41.6 Å². The number of hydrogen-bond donors (Lipinski definition) is 0. The molecule has 194 valence electrons. The van der Waals surface area contributed by atoms with Crippen LogP contribution in [0.1, 0.15) is 38.8 Å². The number of aryl methyl sites for hydroxylation is 1. The van der Waals surface area contributed by atoms with Crippen molar-refractivity contribution in [3.05, 3.63) is 71.8 Å². The third kappa shape index (κ3) is 2.97. The normalized spacial score (nSPS) is 15.0. The summed E-state index contributed by atoms with van der Waals surface area (Å²) in [4.78, 5) is 4.85. The quantitative estimate of drug-likeness (QED) is 0.238. The second kappa shape index (κ2) is 7.46. The summed E-state index contributed by atoms with van der Waals surface area (Å²) >= 11 is 0. The van der Waals surface area contributed by atoms with E-state index in [0.717, 1.165) is 39.8 Å². The number of halogens is 3. The number of benzene rings is 4. The Morgan fingerprint density at radius 1 is 0.842 bits per heavy atom. The number of fused-ring (bicyclic) bond motifs is 7. The average molecular weight is 514 g/mol. The Labute approximate surface area is 220 Å². The molecule has 0 N–H and O–H groups in total. The minimum absolute atomic E-state index is 0.0666. The van der Waals surface area contributed by atoms with E-state index >= 15 is 0 Å². The van der Waals surface area contributed by atoms with Crippen LogP contribution in [0.15, 0.2) is 60.7 Å². The van der Waals surface area contributed by atoms with Crippen LogP contribution < -0.4 is 9.80 Å². The number of anilines is 3. The van der Waals surface area contributed by atoms with Gasteiger partial charge < -0.3 is 14.4 Å². The van der Waals surface area contributed by atoms with E-state index in [4.69, 9.17) is 0 Å². The van der Waals surface area contributed by atoms with Crippen molar-refractivity contribution < 1.29 is 13.2 Å². The van der Waals surface area contributed by atoms with Crippen molar-refractivity contribution in [1.29, 1.82) is 0 Å². The third-order valence-corrected chi connectivity index (χ3v) is 8.63. The number of hydrogen-bond acceptors (Lipinski definition) is 2.